The van der Waals surface area contributed by atoms with Gasteiger partial charge in [-0.25, -0.2) is 8.42 Å². The zero-order valence-corrected chi connectivity index (χ0v) is 24.0. The number of piperidine rings is 2. The zero-order valence-electron chi connectivity index (χ0n) is 23.2. The summed E-state index contributed by atoms with van der Waals surface area (Å²) in [5.74, 6) is 0.856. The highest BCUT2D eigenvalue weighted by Gasteiger charge is 2.33. The van der Waals surface area contributed by atoms with E-state index >= 15 is 0 Å². The third-order valence-electron chi connectivity index (χ3n) is 7.82. The first-order valence-corrected chi connectivity index (χ1v) is 15.5. The minimum Gasteiger partial charge on any atom is -0.497 e. The van der Waals surface area contributed by atoms with Crippen LogP contribution >= 0.6 is 0 Å². The molecule has 0 unspecified atom stereocenters. The zero-order chi connectivity index (χ0) is 27.8. The molecule has 3 heterocycles. The van der Waals surface area contributed by atoms with Gasteiger partial charge in [-0.1, -0.05) is 13.3 Å². The van der Waals surface area contributed by atoms with Crippen molar-refractivity contribution in [2.45, 2.75) is 62.7 Å². The largest absolute Gasteiger partial charge is 0.497 e. The molecule has 0 radical (unpaired) electrons. The lowest BCUT2D eigenvalue weighted by atomic mass is 9.99. The summed E-state index contributed by atoms with van der Waals surface area (Å²) in [5, 5.41) is 9.48. The number of likely N-dealkylation sites (tertiary alicyclic amines) is 2. The molecule has 2 saturated heterocycles. The Kier molecular flexibility index (Phi) is 10.6. The number of sulfonamides is 1. The average Bonchev–Trinajstić information content (AvgIpc) is 2.96. The van der Waals surface area contributed by atoms with E-state index in [-0.39, 0.29) is 43.0 Å². The maximum Gasteiger partial charge on any atom is 0.288 e. The number of carbonyl (C=O) groups is 1. The van der Waals surface area contributed by atoms with Gasteiger partial charge in [0, 0.05) is 38.6 Å². The van der Waals surface area contributed by atoms with Crippen molar-refractivity contribution < 1.29 is 32.5 Å². The highest BCUT2D eigenvalue weighted by atomic mass is 32.2. The first-order valence-electron chi connectivity index (χ1n) is 14.1. The molecule has 2 fully saturated rings. The summed E-state index contributed by atoms with van der Waals surface area (Å²) in [7, 11) is -2.32. The first kappa shape index (κ1) is 29.8. The van der Waals surface area contributed by atoms with Crippen LogP contribution in [0.15, 0.2) is 41.0 Å². The van der Waals surface area contributed by atoms with E-state index in [1.165, 1.54) is 55.9 Å². The van der Waals surface area contributed by atoms with Crippen LogP contribution in [0.5, 0.6) is 5.75 Å². The van der Waals surface area contributed by atoms with Gasteiger partial charge in [-0.3, -0.25) is 4.79 Å². The van der Waals surface area contributed by atoms with E-state index in [1.807, 2.05) is 17.9 Å². The van der Waals surface area contributed by atoms with E-state index in [2.05, 4.69) is 4.90 Å². The molecule has 218 valence electrons. The number of hydrogen-bond donors (Lipinski definition) is 1. The fraction of sp³-hybridized carbons (Fsp3) is 0.679. The standard InChI is InChI=1S/C28H43N3O7S/c1-22-20-26(28(33)30-14-10-23(11-15-30)29-12-4-3-5-13-29)38-27(21-22)37-19-17-31(16-18-32)39(34,35)25-8-6-24(36-2)7-9-25/h6-9,20,22-23,27,32H,3-5,10-19,21H2,1-2H3/t22-,27+/m0/s1. The van der Waals surface area contributed by atoms with Crippen molar-refractivity contribution >= 4 is 15.9 Å². The van der Waals surface area contributed by atoms with Gasteiger partial charge in [-0.2, -0.15) is 4.31 Å². The Hall–Kier alpha value is -2.18. The summed E-state index contributed by atoms with van der Waals surface area (Å²) in [6.45, 7) is 5.52. The molecule has 0 spiro atoms. The third kappa shape index (κ3) is 7.73. The lowest BCUT2D eigenvalue weighted by Crippen LogP contribution is -2.49. The monoisotopic (exact) mass is 565 g/mol. The number of carbonyl (C=O) groups excluding carboxylic acids is 1. The number of aliphatic hydroxyl groups excluding tert-OH is 1. The van der Waals surface area contributed by atoms with E-state index in [4.69, 9.17) is 14.2 Å². The van der Waals surface area contributed by atoms with Gasteiger partial charge in [-0.15, -0.1) is 0 Å². The minimum atomic E-state index is -3.83. The Bertz CT molecular complexity index is 1070. The van der Waals surface area contributed by atoms with Crippen molar-refractivity contribution in [2.75, 3.05) is 59.6 Å². The van der Waals surface area contributed by atoms with Crippen molar-refractivity contribution in [1.82, 2.24) is 14.1 Å². The first-order chi connectivity index (χ1) is 18.8. The van der Waals surface area contributed by atoms with Gasteiger partial charge in [0.05, 0.1) is 25.2 Å². The lowest BCUT2D eigenvalue weighted by molar-refractivity contribution is -0.155. The molecule has 0 saturated carbocycles. The molecule has 39 heavy (non-hydrogen) atoms. The van der Waals surface area contributed by atoms with E-state index in [0.717, 1.165) is 25.9 Å². The van der Waals surface area contributed by atoms with Crippen molar-refractivity contribution in [3.63, 3.8) is 0 Å². The molecule has 2 atom stereocenters. The summed E-state index contributed by atoms with van der Waals surface area (Å²) < 4.78 is 44.4. The van der Waals surface area contributed by atoms with Gasteiger partial charge < -0.3 is 29.1 Å². The molecule has 3 aliphatic heterocycles. The second-order valence-electron chi connectivity index (χ2n) is 10.6. The second-order valence-corrected chi connectivity index (χ2v) is 12.5. The number of amides is 1. The Balaban J connectivity index is 1.28. The van der Waals surface area contributed by atoms with Gasteiger partial charge in [0.25, 0.3) is 5.91 Å². The molecule has 0 aromatic heterocycles. The van der Waals surface area contributed by atoms with Gasteiger partial charge >= 0.3 is 0 Å². The van der Waals surface area contributed by atoms with Crippen LogP contribution in [-0.2, 0) is 24.3 Å². The van der Waals surface area contributed by atoms with Crippen LogP contribution in [0.2, 0.25) is 0 Å². The topological polar surface area (TPSA) is 109 Å². The number of rotatable bonds is 11. The number of ether oxygens (including phenoxy) is 3. The average molecular weight is 566 g/mol. The summed E-state index contributed by atoms with van der Waals surface area (Å²) in [6, 6.07) is 6.67. The summed E-state index contributed by atoms with van der Waals surface area (Å²) in [6.07, 6.45) is 7.61. The minimum absolute atomic E-state index is 0.0418. The van der Waals surface area contributed by atoms with Crippen LogP contribution in [0.4, 0.5) is 0 Å². The second kappa shape index (κ2) is 13.9. The van der Waals surface area contributed by atoms with E-state index in [0.29, 0.717) is 24.0 Å². The van der Waals surface area contributed by atoms with E-state index < -0.39 is 16.3 Å². The highest BCUT2D eigenvalue weighted by molar-refractivity contribution is 7.89. The molecule has 0 bridgehead atoms. The Morgan fingerprint density at radius 2 is 1.77 bits per heavy atom. The number of allylic oxidation sites excluding steroid dienone is 1. The highest BCUT2D eigenvalue weighted by Crippen LogP contribution is 2.27. The maximum atomic E-state index is 13.3. The predicted molar refractivity (Wildman–Crippen MR) is 147 cm³/mol. The fourth-order valence-electron chi connectivity index (χ4n) is 5.60. The molecule has 3 aliphatic rings. The number of nitrogens with zero attached hydrogens (tertiary/aromatic N) is 3. The van der Waals surface area contributed by atoms with Crippen LogP contribution in [0.25, 0.3) is 0 Å². The molecule has 10 nitrogen and oxygen atoms in total. The van der Waals surface area contributed by atoms with Gasteiger partial charge in [0.1, 0.15) is 5.75 Å². The lowest BCUT2D eigenvalue weighted by Gasteiger charge is -2.40. The molecule has 4 rings (SSSR count). The van der Waals surface area contributed by atoms with Crippen LogP contribution in [0, 0.1) is 5.92 Å². The van der Waals surface area contributed by atoms with Crippen LogP contribution in [0.3, 0.4) is 0 Å². The third-order valence-corrected chi connectivity index (χ3v) is 9.73. The Morgan fingerprint density at radius 1 is 1.08 bits per heavy atom. The quantitative estimate of drug-likeness (QED) is 0.436. The molecule has 1 N–H and O–H groups in total. The van der Waals surface area contributed by atoms with Crippen LogP contribution in [-0.4, -0.2) is 105 Å². The summed E-state index contributed by atoms with van der Waals surface area (Å²) in [4.78, 5) is 17.8. The molecular formula is C28H43N3O7S. The van der Waals surface area contributed by atoms with E-state index in [1.54, 1.807) is 12.1 Å². The van der Waals surface area contributed by atoms with E-state index in [9.17, 15) is 18.3 Å². The van der Waals surface area contributed by atoms with Gasteiger partial charge in [0.2, 0.25) is 16.3 Å². The number of hydrogen-bond acceptors (Lipinski definition) is 8. The van der Waals surface area contributed by atoms with Gasteiger partial charge in [0.15, 0.2) is 5.76 Å². The smallest absolute Gasteiger partial charge is 0.288 e. The van der Waals surface area contributed by atoms with Gasteiger partial charge in [-0.05, 0) is 75.0 Å². The predicted octanol–water partition coefficient (Wildman–Crippen LogP) is 2.44. The fourth-order valence-corrected chi connectivity index (χ4v) is 7.02. The molecule has 0 aliphatic carbocycles. The van der Waals surface area contributed by atoms with Crippen molar-refractivity contribution in [1.29, 1.82) is 0 Å². The Morgan fingerprint density at radius 3 is 2.41 bits per heavy atom. The van der Waals surface area contributed by atoms with Crippen molar-refractivity contribution in [3.05, 3.63) is 36.1 Å². The number of methoxy groups -OCH3 is 1. The van der Waals surface area contributed by atoms with Crippen molar-refractivity contribution in [3.8, 4) is 5.75 Å². The van der Waals surface area contributed by atoms with Crippen LogP contribution in [0.1, 0.15) is 45.4 Å². The molecule has 1 aromatic rings. The maximum absolute atomic E-state index is 13.3. The Labute approximate surface area is 232 Å². The molecule has 1 aromatic carbocycles. The molecule has 11 heteroatoms. The normalized spacial score (nSPS) is 23.4. The van der Waals surface area contributed by atoms with Crippen molar-refractivity contribution in [2.24, 2.45) is 5.92 Å². The summed E-state index contributed by atoms with van der Waals surface area (Å²) in [5.41, 5.74) is 0. The summed E-state index contributed by atoms with van der Waals surface area (Å²) >= 11 is 0. The SMILES string of the molecule is COc1ccc(S(=O)(=O)N(CCO)CCO[C@H]2C[C@@H](C)C=C(C(=O)N3CCC(N4CCCCC4)CC3)O2)cc1. The van der Waals surface area contributed by atoms with Crippen LogP contribution < -0.4 is 4.74 Å². The number of aliphatic hydroxyl groups is 1. The molecular weight excluding hydrogens is 522 g/mol. The number of benzene rings is 1. The molecule has 1 amide bonds.